The molecule has 5 rings (SSSR count). The molecule has 1 fully saturated rings. The van der Waals surface area contributed by atoms with Crippen LogP contribution in [0.1, 0.15) is 32.3 Å². The number of hydrogen-bond donors (Lipinski definition) is 0. The molecule has 1 aliphatic rings. The van der Waals surface area contributed by atoms with Gasteiger partial charge in [-0.05, 0) is 61.1 Å². The highest BCUT2D eigenvalue weighted by Crippen LogP contribution is 2.30. The standard InChI is InChI=1S/C23H26FN7O3S2/c1-4-15-11-25-21(26-12-15)30-9-7-16(8-10-30)14(2)34-23-29-31-13-18(27-22(31)35-23)17-5-6-19(28-20(17)24)36(3,32)33/h5-6,11-14,16H,4,7-10H2,1-3H3/t14-/m1/s1. The number of imidazole rings is 1. The van der Waals surface area contributed by atoms with Crippen LogP contribution < -0.4 is 9.64 Å². The number of aryl methyl sites for hydroxylation is 1. The molecule has 1 saturated heterocycles. The lowest BCUT2D eigenvalue weighted by Gasteiger charge is -2.34. The first kappa shape index (κ1) is 24.5. The van der Waals surface area contributed by atoms with Crippen LogP contribution in [0.4, 0.5) is 10.3 Å². The quantitative estimate of drug-likeness (QED) is 0.331. The number of anilines is 1. The van der Waals surface area contributed by atoms with Crippen molar-refractivity contribution in [2.75, 3.05) is 24.2 Å². The van der Waals surface area contributed by atoms with Gasteiger partial charge in [-0.3, -0.25) is 0 Å². The van der Waals surface area contributed by atoms with Crippen molar-refractivity contribution < 1.29 is 17.5 Å². The molecule has 13 heteroatoms. The molecule has 10 nitrogen and oxygen atoms in total. The van der Waals surface area contributed by atoms with Crippen LogP contribution in [0.15, 0.2) is 35.7 Å². The van der Waals surface area contributed by atoms with Crippen molar-refractivity contribution in [2.24, 2.45) is 5.92 Å². The normalized spacial score (nSPS) is 15.9. The summed E-state index contributed by atoms with van der Waals surface area (Å²) in [7, 11) is -3.60. The molecule has 0 aliphatic carbocycles. The first-order valence-corrected chi connectivity index (χ1v) is 14.4. The number of nitrogens with zero attached hydrogens (tertiary/aromatic N) is 7. The third-order valence-corrected chi connectivity index (χ3v) is 8.18. The molecule has 4 aromatic heterocycles. The maximum Gasteiger partial charge on any atom is 0.294 e. The fourth-order valence-corrected chi connectivity index (χ4v) is 5.57. The van der Waals surface area contributed by atoms with Crippen molar-refractivity contribution in [2.45, 2.75) is 44.2 Å². The van der Waals surface area contributed by atoms with E-state index in [1.54, 1.807) is 6.20 Å². The predicted octanol–water partition coefficient (Wildman–Crippen LogP) is 3.43. The van der Waals surface area contributed by atoms with Crippen LogP contribution in [-0.4, -0.2) is 63.4 Å². The van der Waals surface area contributed by atoms with E-state index in [2.05, 4.69) is 36.9 Å². The van der Waals surface area contributed by atoms with Gasteiger partial charge in [0.15, 0.2) is 14.9 Å². The Morgan fingerprint density at radius 1 is 1.19 bits per heavy atom. The molecule has 0 saturated carbocycles. The van der Waals surface area contributed by atoms with E-state index in [0.717, 1.165) is 50.1 Å². The van der Waals surface area contributed by atoms with Crippen molar-refractivity contribution in [3.8, 4) is 16.5 Å². The minimum atomic E-state index is -3.60. The van der Waals surface area contributed by atoms with E-state index in [1.807, 2.05) is 19.3 Å². The van der Waals surface area contributed by atoms with Gasteiger partial charge in [-0.1, -0.05) is 6.92 Å². The summed E-state index contributed by atoms with van der Waals surface area (Å²) >= 11 is 1.27. The molecule has 190 valence electrons. The third-order valence-electron chi connectivity index (χ3n) is 6.38. The van der Waals surface area contributed by atoms with Crippen molar-refractivity contribution in [1.29, 1.82) is 0 Å². The number of fused-ring (bicyclic) bond motifs is 1. The summed E-state index contributed by atoms with van der Waals surface area (Å²) in [6, 6.07) is 2.63. The fourth-order valence-electron chi connectivity index (χ4n) is 4.19. The molecule has 1 aliphatic heterocycles. The lowest BCUT2D eigenvalue weighted by Crippen LogP contribution is -2.39. The maximum absolute atomic E-state index is 14.5. The largest absolute Gasteiger partial charge is 0.466 e. The van der Waals surface area contributed by atoms with Gasteiger partial charge in [0.05, 0.1) is 17.5 Å². The zero-order valence-electron chi connectivity index (χ0n) is 20.1. The summed E-state index contributed by atoms with van der Waals surface area (Å²) in [5.41, 5.74) is 1.56. The van der Waals surface area contributed by atoms with Crippen molar-refractivity contribution in [3.63, 3.8) is 0 Å². The lowest BCUT2D eigenvalue weighted by atomic mass is 9.92. The molecular formula is C23H26FN7O3S2. The van der Waals surface area contributed by atoms with E-state index < -0.39 is 15.8 Å². The molecule has 5 heterocycles. The van der Waals surface area contributed by atoms with Crippen LogP contribution in [0.2, 0.25) is 0 Å². The summed E-state index contributed by atoms with van der Waals surface area (Å²) < 4.78 is 45.3. The van der Waals surface area contributed by atoms with E-state index in [0.29, 0.717) is 21.8 Å². The second-order valence-electron chi connectivity index (χ2n) is 8.87. The Morgan fingerprint density at radius 2 is 1.92 bits per heavy atom. The fraction of sp³-hybridized carbons (Fsp3) is 0.435. The minimum Gasteiger partial charge on any atom is -0.466 e. The lowest BCUT2D eigenvalue weighted by molar-refractivity contribution is 0.131. The second kappa shape index (κ2) is 9.69. The van der Waals surface area contributed by atoms with Crippen molar-refractivity contribution in [1.82, 2.24) is 29.5 Å². The smallest absolute Gasteiger partial charge is 0.294 e. The predicted molar refractivity (Wildman–Crippen MR) is 134 cm³/mol. The number of pyridine rings is 1. The van der Waals surface area contributed by atoms with Crippen LogP contribution in [-0.2, 0) is 16.3 Å². The highest BCUT2D eigenvalue weighted by Gasteiger charge is 2.27. The SMILES string of the molecule is CCc1cnc(N2CCC([C@@H](C)Oc3nn4cc(-c5ccc(S(C)(=O)=O)nc5F)nc4s3)CC2)nc1. The maximum atomic E-state index is 14.5. The molecule has 4 aromatic rings. The molecule has 0 bridgehead atoms. The average molecular weight is 532 g/mol. The summed E-state index contributed by atoms with van der Waals surface area (Å²) in [6.07, 6.45) is 9.15. The van der Waals surface area contributed by atoms with Gasteiger partial charge in [-0.25, -0.2) is 32.9 Å². The molecular weight excluding hydrogens is 505 g/mol. The molecule has 0 N–H and O–H groups in total. The van der Waals surface area contributed by atoms with Gasteiger partial charge in [0.25, 0.3) is 5.19 Å². The molecule has 0 unspecified atom stereocenters. The van der Waals surface area contributed by atoms with Crippen LogP contribution in [0.25, 0.3) is 16.2 Å². The Morgan fingerprint density at radius 3 is 2.53 bits per heavy atom. The first-order valence-electron chi connectivity index (χ1n) is 11.7. The Labute approximate surface area is 212 Å². The molecule has 1 atom stereocenters. The molecule has 0 radical (unpaired) electrons. The Kier molecular flexibility index (Phi) is 6.60. The van der Waals surface area contributed by atoms with E-state index >= 15 is 0 Å². The number of ether oxygens (including phenoxy) is 1. The van der Waals surface area contributed by atoms with E-state index in [4.69, 9.17) is 4.74 Å². The third kappa shape index (κ3) is 5.03. The van der Waals surface area contributed by atoms with E-state index in [1.165, 1.54) is 28.0 Å². The van der Waals surface area contributed by atoms with Crippen molar-refractivity contribution >= 4 is 32.1 Å². The highest BCUT2D eigenvalue weighted by atomic mass is 32.2. The highest BCUT2D eigenvalue weighted by molar-refractivity contribution is 7.90. The summed E-state index contributed by atoms with van der Waals surface area (Å²) in [5.74, 6) is 0.247. The summed E-state index contributed by atoms with van der Waals surface area (Å²) in [5, 5.41) is 4.61. The monoisotopic (exact) mass is 531 g/mol. The molecule has 36 heavy (non-hydrogen) atoms. The molecule has 0 amide bonds. The number of rotatable bonds is 7. The van der Waals surface area contributed by atoms with Crippen molar-refractivity contribution in [3.05, 3.63) is 42.2 Å². The zero-order chi connectivity index (χ0) is 25.4. The van der Waals surface area contributed by atoms with Crippen LogP contribution >= 0.6 is 11.3 Å². The van der Waals surface area contributed by atoms with Crippen LogP contribution in [0.5, 0.6) is 5.19 Å². The Hall–Kier alpha value is -3.19. The van der Waals surface area contributed by atoms with Crippen LogP contribution in [0, 0.1) is 11.9 Å². The van der Waals surface area contributed by atoms with E-state index in [9.17, 15) is 12.8 Å². The number of hydrogen-bond acceptors (Lipinski definition) is 10. The van der Waals surface area contributed by atoms with Crippen LogP contribution in [0.3, 0.4) is 0 Å². The minimum absolute atomic E-state index is 0.0314. The Balaban J connectivity index is 1.22. The average Bonchev–Trinajstić information content (AvgIpc) is 3.42. The van der Waals surface area contributed by atoms with E-state index in [-0.39, 0.29) is 16.7 Å². The van der Waals surface area contributed by atoms with Gasteiger partial charge < -0.3 is 9.64 Å². The topological polar surface area (TPSA) is 115 Å². The zero-order valence-corrected chi connectivity index (χ0v) is 21.8. The number of halogens is 1. The summed E-state index contributed by atoms with van der Waals surface area (Å²) in [4.78, 5) is 19.7. The number of aromatic nitrogens is 6. The first-order chi connectivity index (χ1) is 17.2. The summed E-state index contributed by atoms with van der Waals surface area (Å²) in [6.45, 7) is 5.87. The number of piperidine rings is 1. The van der Waals surface area contributed by atoms with Gasteiger partial charge >= 0.3 is 0 Å². The molecule has 0 aromatic carbocycles. The van der Waals surface area contributed by atoms with Gasteiger partial charge in [0.2, 0.25) is 16.9 Å². The van der Waals surface area contributed by atoms with Gasteiger partial charge in [-0.2, -0.15) is 4.39 Å². The molecule has 0 spiro atoms. The van der Waals surface area contributed by atoms with Gasteiger partial charge in [0.1, 0.15) is 6.10 Å². The number of sulfone groups is 1. The Bertz CT molecular complexity index is 1450. The van der Waals surface area contributed by atoms with Gasteiger partial charge in [0, 0.05) is 31.7 Å². The second-order valence-corrected chi connectivity index (χ2v) is 11.8. The van der Waals surface area contributed by atoms with Gasteiger partial charge in [-0.15, -0.1) is 5.10 Å².